The maximum atomic E-state index is 13.3. The molecule has 2 aliphatic rings. The fourth-order valence-corrected chi connectivity index (χ4v) is 5.23. The first-order valence-corrected chi connectivity index (χ1v) is 12.7. The largest absolute Gasteiger partial charge is 0.377 e. The fourth-order valence-electron chi connectivity index (χ4n) is 5.23. The van der Waals surface area contributed by atoms with Crippen molar-refractivity contribution < 1.29 is 14.3 Å². The van der Waals surface area contributed by atoms with E-state index >= 15 is 0 Å². The minimum Gasteiger partial charge on any atom is -0.377 e. The Morgan fingerprint density at radius 2 is 1.86 bits per heavy atom. The van der Waals surface area contributed by atoms with Crippen LogP contribution in [0.5, 0.6) is 0 Å². The molecule has 7 heteroatoms. The SMILES string of the molecule is CCOC1CCN(Cc2cc(C(=O)Nc3ccc4c(c3)N(C)C(=O)CC4)ccc2-c2ccccc2)C1.Cl. The molecule has 0 aliphatic carbocycles. The lowest BCUT2D eigenvalue weighted by atomic mass is 9.96. The highest BCUT2D eigenvalue weighted by Gasteiger charge is 2.24. The lowest BCUT2D eigenvalue weighted by Crippen LogP contribution is -2.31. The third-order valence-corrected chi connectivity index (χ3v) is 7.16. The summed E-state index contributed by atoms with van der Waals surface area (Å²) in [7, 11) is 1.79. The Morgan fingerprint density at radius 1 is 1.05 bits per heavy atom. The van der Waals surface area contributed by atoms with Crippen molar-refractivity contribution in [3.8, 4) is 11.1 Å². The van der Waals surface area contributed by atoms with Crippen LogP contribution < -0.4 is 10.2 Å². The number of carbonyl (C=O) groups is 2. The number of nitrogens with one attached hydrogen (secondary N) is 1. The van der Waals surface area contributed by atoms with E-state index < -0.39 is 0 Å². The smallest absolute Gasteiger partial charge is 0.255 e. The van der Waals surface area contributed by atoms with Gasteiger partial charge in [0, 0.05) is 56.6 Å². The summed E-state index contributed by atoms with van der Waals surface area (Å²) in [5, 5.41) is 3.04. The van der Waals surface area contributed by atoms with Crippen molar-refractivity contribution in [2.45, 2.75) is 38.8 Å². The number of ether oxygens (including phenoxy) is 1. The molecule has 0 bridgehead atoms. The first-order valence-electron chi connectivity index (χ1n) is 12.7. The summed E-state index contributed by atoms with van der Waals surface area (Å²) in [4.78, 5) is 29.5. The molecule has 2 heterocycles. The van der Waals surface area contributed by atoms with E-state index in [-0.39, 0.29) is 30.3 Å². The van der Waals surface area contributed by atoms with Gasteiger partial charge in [-0.2, -0.15) is 0 Å². The summed E-state index contributed by atoms with van der Waals surface area (Å²) < 4.78 is 5.84. The Hall–Kier alpha value is -3.19. The zero-order valence-electron chi connectivity index (χ0n) is 21.4. The van der Waals surface area contributed by atoms with E-state index in [0.717, 1.165) is 67.0 Å². The quantitative estimate of drug-likeness (QED) is 0.444. The summed E-state index contributed by atoms with van der Waals surface area (Å²) in [6.07, 6.45) is 2.56. The van der Waals surface area contributed by atoms with E-state index in [0.29, 0.717) is 17.7 Å². The third kappa shape index (κ3) is 6.04. The molecule has 0 spiro atoms. The van der Waals surface area contributed by atoms with Crippen molar-refractivity contribution in [1.29, 1.82) is 0 Å². The van der Waals surface area contributed by atoms with Gasteiger partial charge in [-0.25, -0.2) is 0 Å². The van der Waals surface area contributed by atoms with Crippen LogP contribution in [0.3, 0.4) is 0 Å². The molecule has 0 saturated carbocycles. The van der Waals surface area contributed by atoms with Crippen LogP contribution in [0.4, 0.5) is 11.4 Å². The number of amides is 2. The van der Waals surface area contributed by atoms with E-state index in [1.54, 1.807) is 11.9 Å². The molecule has 194 valence electrons. The predicted molar refractivity (Wildman–Crippen MR) is 151 cm³/mol. The number of carbonyl (C=O) groups excluding carboxylic acids is 2. The maximum Gasteiger partial charge on any atom is 0.255 e. The molecule has 2 aliphatic heterocycles. The van der Waals surface area contributed by atoms with Crippen molar-refractivity contribution in [2.75, 3.05) is 37.0 Å². The predicted octanol–water partition coefficient (Wildman–Crippen LogP) is 5.55. The molecule has 37 heavy (non-hydrogen) atoms. The molecule has 1 atom stereocenters. The van der Waals surface area contributed by atoms with Crippen LogP contribution in [0.1, 0.15) is 41.3 Å². The van der Waals surface area contributed by atoms with Crippen molar-refractivity contribution >= 4 is 35.6 Å². The molecule has 1 N–H and O–H groups in total. The van der Waals surface area contributed by atoms with Gasteiger partial charge < -0.3 is 15.0 Å². The fraction of sp³-hybridized carbons (Fsp3) is 0.333. The van der Waals surface area contributed by atoms with Crippen molar-refractivity contribution in [3.05, 3.63) is 83.4 Å². The van der Waals surface area contributed by atoms with Gasteiger partial charge in [0.05, 0.1) is 6.10 Å². The van der Waals surface area contributed by atoms with Gasteiger partial charge in [-0.3, -0.25) is 14.5 Å². The number of benzene rings is 3. The Morgan fingerprint density at radius 3 is 2.65 bits per heavy atom. The van der Waals surface area contributed by atoms with Crippen molar-refractivity contribution in [2.24, 2.45) is 0 Å². The van der Waals surface area contributed by atoms with Crippen LogP contribution in [0, 0.1) is 0 Å². The highest BCUT2D eigenvalue weighted by atomic mass is 35.5. The highest BCUT2D eigenvalue weighted by molar-refractivity contribution is 6.05. The molecule has 0 radical (unpaired) electrons. The van der Waals surface area contributed by atoms with Gasteiger partial charge in [-0.05, 0) is 66.3 Å². The molecule has 5 rings (SSSR count). The number of anilines is 2. The average molecular weight is 520 g/mol. The van der Waals surface area contributed by atoms with Gasteiger partial charge in [0.25, 0.3) is 5.91 Å². The zero-order chi connectivity index (χ0) is 25.1. The van der Waals surface area contributed by atoms with Crippen LogP contribution in [0.2, 0.25) is 0 Å². The van der Waals surface area contributed by atoms with E-state index in [2.05, 4.69) is 28.4 Å². The Bertz CT molecular complexity index is 1260. The van der Waals surface area contributed by atoms with Gasteiger partial charge in [-0.1, -0.05) is 42.5 Å². The minimum absolute atomic E-state index is 0. The first kappa shape index (κ1) is 26.9. The lowest BCUT2D eigenvalue weighted by molar-refractivity contribution is -0.118. The third-order valence-electron chi connectivity index (χ3n) is 7.16. The number of aryl methyl sites for hydroxylation is 1. The summed E-state index contributed by atoms with van der Waals surface area (Å²) in [5.74, 6) is -0.0603. The van der Waals surface area contributed by atoms with Gasteiger partial charge >= 0.3 is 0 Å². The lowest BCUT2D eigenvalue weighted by Gasteiger charge is -2.26. The number of fused-ring (bicyclic) bond motifs is 1. The minimum atomic E-state index is -0.158. The second-order valence-electron chi connectivity index (χ2n) is 9.59. The molecule has 1 fully saturated rings. The standard InChI is InChI=1S/C30H33N3O3.ClH/c1-3-36-26-15-16-33(20-26)19-24-17-23(10-13-27(24)21-7-5-4-6-8-21)30(35)31-25-12-9-22-11-14-29(34)32(2)28(22)18-25;/h4-10,12-13,17-18,26H,3,11,14-16,19-20H2,1-2H3,(H,31,35);1H. The Labute approximate surface area is 225 Å². The van der Waals surface area contributed by atoms with E-state index in [1.807, 2.05) is 55.5 Å². The van der Waals surface area contributed by atoms with E-state index in [1.165, 1.54) is 0 Å². The first-order chi connectivity index (χ1) is 17.5. The number of hydrogen-bond acceptors (Lipinski definition) is 4. The Kier molecular flexibility index (Phi) is 8.64. The summed E-state index contributed by atoms with van der Waals surface area (Å²) in [6.45, 7) is 5.42. The van der Waals surface area contributed by atoms with Crippen LogP contribution in [0.25, 0.3) is 11.1 Å². The summed E-state index contributed by atoms with van der Waals surface area (Å²) in [5.41, 5.74) is 6.70. The second kappa shape index (κ2) is 11.9. The van der Waals surface area contributed by atoms with Crippen molar-refractivity contribution in [3.63, 3.8) is 0 Å². The molecule has 0 aromatic heterocycles. The number of rotatable bonds is 7. The zero-order valence-corrected chi connectivity index (χ0v) is 22.2. The van der Waals surface area contributed by atoms with Crippen LogP contribution >= 0.6 is 12.4 Å². The van der Waals surface area contributed by atoms with E-state index in [4.69, 9.17) is 4.74 Å². The average Bonchev–Trinajstić information content (AvgIpc) is 3.34. The number of likely N-dealkylation sites (tertiary alicyclic amines) is 1. The maximum absolute atomic E-state index is 13.3. The van der Waals surface area contributed by atoms with Crippen LogP contribution in [-0.4, -0.2) is 49.6 Å². The Balaban J connectivity index is 0.00000320. The normalized spacial score (nSPS) is 17.3. The number of hydrogen-bond donors (Lipinski definition) is 1. The molecule has 2 amide bonds. The number of halogens is 1. The number of nitrogens with zero attached hydrogens (tertiary/aromatic N) is 2. The van der Waals surface area contributed by atoms with Gasteiger partial charge in [0.15, 0.2) is 0 Å². The van der Waals surface area contributed by atoms with Gasteiger partial charge in [0.1, 0.15) is 0 Å². The second-order valence-corrected chi connectivity index (χ2v) is 9.59. The molecule has 6 nitrogen and oxygen atoms in total. The van der Waals surface area contributed by atoms with Crippen molar-refractivity contribution in [1.82, 2.24) is 4.90 Å². The topological polar surface area (TPSA) is 61.9 Å². The molecule has 3 aromatic rings. The molecular weight excluding hydrogens is 486 g/mol. The van der Waals surface area contributed by atoms with E-state index in [9.17, 15) is 9.59 Å². The highest BCUT2D eigenvalue weighted by Crippen LogP contribution is 2.31. The molecule has 1 saturated heterocycles. The molecular formula is C30H34ClN3O3. The monoisotopic (exact) mass is 519 g/mol. The van der Waals surface area contributed by atoms with Gasteiger partial charge in [-0.15, -0.1) is 12.4 Å². The van der Waals surface area contributed by atoms with Crippen LogP contribution in [-0.2, 0) is 22.5 Å². The van der Waals surface area contributed by atoms with Gasteiger partial charge in [0.2, 0.25) is 5.91 Å². The summed E-state index contributed by atoms with van der Waals surface area (Å²) in [6, 6.07) is 22.1. The molecule has 1 unspecified atom stereocenters. The summed E-state index contributed by atoms with van der Waals surface area (Å²) >= 11 is 0. The molecule has 3 aromatic carbocycles. The van der Waals surface area contributed by atoms with Crippen LogP contribution in [0.15, 0.2) is 66.7 Å².